The Kier molecular flexibility index (Phi) is 4.23. The van der Waals surface area contributed by atoms with Crippen molar-refractivity contribution in [2.75, 3.05) is 11.4 Å². The lowest BCUT2D eigenvalue weighted by molar-refractivity contribution is 0.633. The maximum Gasteiger partial charge on any atom is 0.0471 e. The van der Waals surface area contributed by atoms with Gasteiger partial charge in [0.1, 0.15) is 0 Å². The molecule has 0 unspecified atom stereocenters. The minimum absolute atomic E-state index is 0.522. The van der Waals surface area contributed by atoms with Gasteiger partial charge in [-0.3, -0.25) is 0 Å². The SMILES string of the molecule is CC(C)N(CC1CC1)c1cccc(Cl)c1CNC1CC1. The Bertz CT molecular complexity index is 464. The van der Waals surface area contributed by atoms with Crippen LogP contribution in [0.25, 0.3) is 0 Å². The summed E-state index contributed by atoms with van der Waals surface area (Å²) in [5, 5.41) is 4.51. The first-order valence-electron chi connectivity index (χ1n) is 7.92. The summed E-state index contributed by atoms with van der Waals surface area (Å²) < 4.78 is 0. The monoisotopic (exact) mass is 292 g/mol. The van der Waals surface area contributed by atoms with Gasteiger partial charge in [0.05, 0.1) is 0 Å². The predicted molar refractivity (Wildman–Crippen MR) is 86.5 cm³/mol. The van der Waals surface area contributed by atoms with E-state index in [0.29, 0.717) is 6.04 Å². The number of nitrogens with one attached hydrogen (secondary N) is 1. The van der Waals surface area contributed by atoms with Crippen LogP contribution in [0.4, 0.5) is 5.69 Å². The average molecular weight is 293 g/mol. The minimum atomic E-state index is 0.522. The molecule has 1 aromatic rings. The third-order valence-corrected chi connectivity index (χ3v) is 4.68. The standard InChI is InChI=1S/C17H25ClN2/c1-12(2)20(11-13-6-7-13)17-5-3-4-16(18)15(17)10-19-14-8-9-14/h3-5,12-14,19H,6-11H2,1-2H3. The molecule has 0 atom stereocenters. The molecule has 2 nitrogen and oxygen atoms in total. The van der Waals surface area contributed by atoms with E-state index in [1.54, 1.807) is 0 Å². The van der Waals surface area contributed by atoms with E-state index in [-0.39, 0.29) is 0 Å². The van der Waals surface area contributed by atoms with Crippen molar-refractivity contribution in [3.8, 4) is 0 Å². The van der Waals surface area contributed by atoms with E-state index < -0.39 is 0 Å². The number of anilines is 1. The highest BCUT2D eigenvalue weighted by molar-refractivity contribution is 6.31. The smallest absolute Gasteiger partial charge is 0.0471 e. The molecule has 0 amide bonds. The summed E-state index contributed by atoms with van der Waals surface area (Å²) in [5.74, 6) is 0.889. The molecule has 110 valence electrons. The highest BCUT2D eigenvalue weighted by atomic mass is 35.5. The molecular weight excluding hydrogens is 268 g/mol. The van der Waals surface area contributed by atoms with Crippen LogP contribution >= 0.6 is 11.6 Å². The number of nitrogens with zero attached hydrogens (tertiary/aromatic N) is 1. The maximum atomic E-state index is 6.47. The van der Waals surface area contributed by atoms with E-state index in [9.17, 15) is 0 Å². The van der Waals surface area contributed by atoms with Gasteiger partial charge in [0.25, 0.3) is 0 Å². The molecule has 0 saturated heterocycles. The Morgan fingerprint density at radius 1 is 1.25 bits per heavy atom. The number of halogens is 1. The molecule has 0 heterocycles. The van der Waals surface area contributed by atoms with Crippen LogP contribution in [0.1, 0.15) is 45.1 Å². The van der Waals surface area contributed by atoms with Gasteiger partial charge in [-0.25, -0.2) is 0 Å². The lowest BCUT2D eigenvalue weighted by Gasteiger charge is -2.31. The van der Waals surface area contributed by atoms with Crippen LogP contribution in [0.15, 0.2) is 18.2 Å². The average Bonchev–Trinajstić information content (AvgIpc) is 3.28. The van der Waals surface area contributed by atoms with Crippen molar-refractivity contribution in [1.29, 1.82) is 0 Å². The Labute approximate surface area is 127 Å². The van der Waals surface area contributed by atoms with Gasteiger partial charge in [0, 0.05) is 41.4 Å². The van der Waals surface area contributed by atoms with Crippen LogP contribution in [0.3, 0.4) is 0 Å². The Morgan fingerprint density at radius 3 is 2.60 bits per heavy atom. The minimum Gasteiger partial charge on any atom is -0.369 e. The van der Waals surface area contributed by atoms with Crippen molar-refractivity contribution >= 4 is 17.3 Å². The number of hydrogen-bond acceptors (Lipinski definition) is 2. The fraction of sp³-hybridized carbons (Fsp3) is 0.647. The fourth-order valence-electron chi connectivity index (χ4n) is 2.69. The third kappa shape index (κ3) is 3.48. The number of rotatable bonds is 7. The van der Waals surface area contributed by atoms with Crippen molar-refractivity contribution in [3.05, 3.63) is 28.8 Å². The number of benzene rings is 1. The second-order valence-corrected chi connectivity index (χ2v) is 6.99. The molecule has 0 aliphatic heterocycles. The van der Waals surface area contributed by atoms with Crippen LogP contribution in [0, 0.1) is 5.92 Å². The van der Waals surface area contributed by atoms with E-state index in [0.717, 1.165) is 23.5 Å². The first-order chi connectivity index (χ1) is 9.65. The molecule has 0 spiro atoms. The van der Waals surface area contributed by atoms with Crippen LogP contribution < -0.4 is 10.2 Å². The zero-order valence-electron chi connectivity index (χ0n) is 12.5. The van der Waals surface area contributed by atoms with Crippen molar-refractivity contribution in [1.82, 2.24) is 5.32 Å². The Hall–Kier alpha value is -0.730. The topological polar surface area (TPSA) is 15.3 Å². The van der Waals surface area contributed by atoms with Gasteiger partial charge < -0.3 is 10.2 Å². The first kappa shape index (κ1) is 14.2. The first-order valence-corrected chi connectivity index (χ1v) is 8.30. The Balaban J connectivity index is 1.82. The molecule has 0 bridgehead atoms. The quantitative estimate of drug-likeness (QED) is 0.809. The fourth-order valence-corrected chi connectivity index (χ4v) is 2.93. The van der Waals surface area contributed by atoms with Crippen LogP contribution in [-0.4, -0.2) is 18.6 Å². The Morgan fingerprint density at radius 2 is 2.00 bits per heavy atom. The second-order valence-electron chi connectivity index (χ2n) is 6.58. The molecule has 0 aromatic heterocycles. The van der Waals surface area contributed by atoms with Gasteiger partial charge in [-0.2, -0.15) is 0 Å². The molecule has 1 N–H and O–H groups in total. The molecule has 2 fully saturated rings. The molecule has 2 aliphatic carbocycles. The molecule has 2 aliphatic rings. The van der Waals surface area contributed by atoms with Gasteiger partial charge in [0.15, 0.2) is 0 Å². The zero-order chi connectivity index (χ0) is 14.1. The van der Waals surface area contributed by atoms with Crippen LogP contribution in [-0.2, 0) is 6.54 Å². The van der Waals surface area contributed by atoms with E-state index >= 15 is 0 Å². The van der Waals surface area contributed by atoms with Gasteiger partial charge >= 0.3 is 0 Å². The van der Waals surface area contributed by atoms with E-state index in [4.69, 9.17) is 11.6 Å². The lowest BCUT2D eigenvalue weighted by Crippen LogP contribution is -2.34. The van der Waals surface area contributed by atoms with Gasteiger partial charge in [0.2, 0.25) is 0 Å². The third-order valence-electron chi connectivity index (χ3n) is 4.32. The summed E-state index contributed by atoms with van der Waals surface area (Å²) in [6.45, 7) is 6.63. The van der Waals surface area contributed by atoms with E-state index in [1.165, 1.54) is 43.5 Å². The van der Waals surface area contributed by atoms with Crippen molar-refractivity contribution < 1.29 is 0 Å². The van der Waals surface area contributed by atoms with Crippen LogP contribution in [0.2, 0.25) is 5.02 Å². The normalized spacial score (nSPS) is 18.6. The molecule has 2 saturated carbocycles. The maximum absolute atomic E-state index is 6.47. The highest BCUT2D eigenvalue weighted by Gasteiger charge is 2.27. The summed E-state index contributed by atoms with van der Waals surface area (Å²) in [7, 11) is 0. The zero-order valence-corrected chi connectivity index (χ0v) is 13.3. The second kappa shape index (κ2) is 5.95. The van der Waals surface area contributed by atoms with Crippen molar-refractivity contribution in [2.24, 2.45) is 5.92 Å². The van der Waals surface area contributed by atoms with Crippen molar-refractivity contribution in [2.45, 2.75) is 58.2 Å². The molecule has 1 aromatic carbocycles. The van der Waals surface area contributed by atoms with E-state index in [2.05, 4.69) is 36.2 Å². The summed E-state index contributed by atoms with van der Waals surface area (Å²) in [4.78, 5) is 2.54. The molecule has 20 heavy (non-hydrogen) atoms. The summed E-state index contributed by atoms with van der Waals surface area (Å²) in [6, 6.07) is 7.58. The molecule has 0 radical (unpaired) electrons. The number of hydrogen-bond donors (Lipinski definition) is 1. The highest BCUT2D eigenvalue weighted by Crippen LogP contribution is 2.35. The van der Waals surface area contributed by atoms with Crippen molar-refractivity contribution in [3.63, 3.8) is 0 Å². The summed E-state index contributed by atoms with van der Waals surface area (Å²) >= 11 is 6.47. The lowest BCUT2D eigenvalue weighted by atomic mass is 10.1. The van der Waals surface area contributed by atoms with Gasteiger partial charge in [-0.1, -0.05) is 17.7 Å². The summed E-state index contributed by atoms with van der Waals surface area (Å²) in [5.41, 5.74) is 2.60. The molecule has 3 rings (SSSR count). The predicted octanol–water partition coefficient (Wildman–Crippen LogP) is 4.22. The largest absolute Gasteiger partial charge is 0.369 e. The van der Waals surface area contributed by atoms with Crippen LogP contribution in [0.5, 0.6) is 0 Å². The van der Waals surface area contributed by atoms with E-state index in [1.807, 2.05) is 6.07 Å². The molecular formula is C17H25ClN2. The summed E-state index contributed by atoms with van der Waals surface area (Å²) in [6.07, 6.45) is 5.41. The van der Waals surface area contributed by atoms with Gasteiger partial charge in [-0.15, -0.1) is 0 Å². The molecule has 3 heteroatoms. The van der Waals surface area contributed by atoms with Gasteiger partial charge in [-0.05, 0) is 57.6 Å².